The number of nitrogens with one attached hydrogen (secondary N) is 1. The van der Waals surface area contributed by atoms with E-state index in [2.05, 4.69) is 9.71 Å². The zero-order valence-corrected chi connectivity index (χ0v) is 18.7. The van der Waals surface area contributed by atoms with Crippen molar-refractivity contribution in [2.75, 3.05) is 31.1 Å². The Balaban J connectivity index is 1.61. The second-order valence-corrected chi connectivity index (χ2v) is 9.52. The summed E-state index contributed by atoms with van der Waals surface area (Å²) in [4.78, 5) is 20.1. The van der Waals surface area contributed by atoms with E-state index in [0.29, 0.717) is 36.9 Å². The van der Waals surface area contributed by atoms with Gasteiger partial charge in [0.25, 0.3) is 0 Å². The second kappa shape index (κ2) is 9.63. The van der Waals surface area contributed by atoms with Gasteiger partial charge in [-0.15, -0.1) is 0 Å². The van der Waals surface area contributed by atoms with Crippen molar-refractivity contribution in [3.05, 3.63) is 53.2 Å². The molecule has 0 saturated carbocycles. The van der Waals surface area contributed by atoms with Crippen LogP contribution in [-0.4, -0.2) is 56.4 Å². The monoisotopic (exact) mass is 490 g/mol. The molecule has 7 nitrogen and oxygen atoms in total. The van der Waals surface area contributed by atoms with Crippen molar-refractivity contribution in [1.82, 2.24) is 14.6 Å². The van der Waals surface area contributed by atoms with E-state index in [9.17, 15) is 26.4 Å². The third kappa shape index (κ3) is 5.90. The summed E-state index contributed by atoms with van der Waals surface area (Å²) >= 11 is 5.78. The van der Waals surface area contributed by atoms with E-state index in [1.165, 1.54) is 37.3 Å². The van der Waals surface area contributed by atoms with Crippen LogP contribution in [0.5, 0.6) is 0 Å². The van der Waals surface area contributed by atoms with E-state index >= 15 is 0 Å². The summed E-state index contributed by atoms with van der Waals surface area (Å²) in [7, 11) is -3.91. The Labute approximate surface area is 189 Å². The third-order valence-corrected chi connectivity index (χ3v) is 6.84. The van der Waals surface area contributed by atoms with Crippen molar-refractivity contribution in [2.24, 2.45) is 0 Å². The first kappa shape index (κ1) is 24.3. The topological polar surface area (TPSA) is 82.6 Å². The molecular weight excluding hydrogens is 469 g/mol. The van der Waals surface area contributed by atoms with E-state index in [1.54, 1.807) is 9.80 Å². The highest BCUT2D eigenvalue weighted by Crippen LogP contribution is 2.29. The molecule has 1 fully saturated rings. The maximum absolute atomic E-state index is 12.8. The van der Waals surface area contributed by atoms with Crippen LogP contribution in [0.25, 0.3) is 0 Å². The second-order valence-electron chi connectivity index (χ2n) is 7.37. The number of sulfonamides is 1. The molecule has 1 aliphatic rings. The summed E-state index contributed by atoms with van der Waals surface area (Å²) in [6.45, 7) is 3.02. The molecule has 1 amide bonds. The number of hydrogen-bond acceptors (Lipinski definition) is 5. The van der Waals surface area contributed by atoms with Crippen LogP contribution in [0.3, 0.4) is 0 Å². The maximum atomic E-state index is 12.8. The number of alkyl halides is 3. The first-order valence-electron chi connectivity index (χ1n) is 9.82. The van der Waals surface area contributed by atoms with Crippen LogP contribution in [0.15, 0.2) is 47.5 Å². The Morgan fingerprint density at radius 3 is 2.38 bits per heavy atom. The molecule has 1 aliphatic heterocycles. The molecule has 1 N–H and O–H groups in total. The molecule has 1 aromatic carbocycles. The fourth-order valence-corrected chi connectivity index (χ4v) is 4.67. The van der Waals surface area contributed by atoms with Gasteiger partial charge in [0.1, 0.15) is 5.82 Å². The molecule has 174 valence electrons. The van der Waals surface area contributed by atoms with Gasteiger partial charge in [0.2, 0.25) is 15.9 Å². The summed E-state index contributed by atoms with van der Waals surface area (Å²) < 4.78 is 65.6. The maximum Gasteiger partial charge on any atom is 0.417 e. The molecule has 32 heavy (non-hydrogen) atoms. The number of hydrogen-bond donors (Lipinski definition) is 1. The third-order valence-electron chi connectivity index (χ3n) is 5.03. The average Bonchev–Trinajstić information content (AvgIpc) is 2.99. The minimum atomic E-state index is -4.46. The fourth-order valence-electron chi connectivity index (χ4n) is 3.35. The molecule has 2 heterocycles. The van der Waals surface area contributed by atoms with Crippen LogP contribution in [0.4, 0.5) is 19.0 Å². The smallest absolute Gasteiger partial charge is 0.355 e. The largest absolute Gasteiger partial charge is 0.417 e. The number of nitrogens with zero attached hydrogens (tertiary/aromatic N) is 3. The number of anilines is 1. The summed E-state index contributed by atoms with van der Waals surface area (Å²) in [6, 6.07) is 6.88. The zero-order chi connectivity index (χ0) is 23.5. The van der Waals surface area contributed by atoms with Gasteiger partial charge in [-0.2, -0.15) is 17.9 Å². The predicted octanol–water partition coefficient (Wildman–Crippen LogP) is 3.16. The molecule has 3 rings (SSSR count). The van der Waals surface area contributed by atoms with Crippen molar-refractivity contribution in [3.8, 4) is 0 Å². The molecule has 0 aliphatic carbocycles. The average molecular weight is 491 g/mol. The Kier molecular flexibility index (Phi) is 7.31. The molecule has 12 heteroatoms. The molecule has 0 radical (unpaired) electrons. The van der Waals surface area contributed by atoms with E-state index in [-0.39, 0.29) is 17.3 Å². The SMILES string of the molecule is C[C@H](NS(=O)(=O)c1ccc(Cl)cc1)C(=O)N1CCCN(c2ccc(C(F)(F)F)cn2)CC1. The number of carbonyl (C=O) groups excluding carboxylic acids is 1. The Morgan fingerprint density at radius 1 is 1.09 bits per heavy atom. The van der Waals surface area contributed by atoms with Gasteiger partial charge in [0, 0.05) is 37.4 Å². The van der Waals surface area contributed by atoms with Gasteiger partial charge < -0.3 is 9.80 Å². The summed E-state index contributed by atoms with van der Waals surface area (Å²) in [5.74, 6) is 0.00792. The van der Waals surface area contributed by atoms with E-state index in [1.807, 2.05) is 0 Å². The number of aromatic nitrogens is 1. The summed E-state index contributed by atoms with van der Waals surface area (Å²) in [6.07, 6.45) is -3.11. The number of amides is 1. The molecule has 0 spiro atoms. The highest BCUT2D eigenvalue weighted by molar-refractivity contribution is 7.89. The molecule has 0 bridgehead atoms. The first-order valence-corrected chi connectivity index (χ1v) is 11.7. The normalized spacial score (nSPS) is 16.5. The van der Waals surface area contributed by atoms with Crippen LogP contribution >= 0.6 is 11.6 Å². The van der Waals surface area contributed by atoms with Crippen molar-refractivity contribution in [2.45, 2.75) is 30.5 Å². The number of pyridine rings is 1. The number of carbonyl (C=O) groups is 1. The first-order chi connectivity index (χ1) is 15.0. The lowest BCUT2D eigenvalue weighted by Crippen LogP contribution is -2.47. The standard InChI is InChI=1S/C20H22ClF3N4O3S/c1-14(26-32(30,31)17-6-4-16(21)5-7-17)19(29)28-10-2-9-27(11-12-28)18-8-3-15(13-25-18)20(22,23)24/h3-8,13-14,26H,2,9-12H2,1H3/t14-/m0/s1. The fraction of sp³-hybridized carbons (Fsp3) is 0.400. The van der Waals surface area contributed by atoms with Gasteiger partial charge >= 0.3 is 6.18 Å². The van der Waals surface area contributed by atoms with Crippen LogP contribution < -0.4 is 9.62 Å². The minimum Gasteiger partial charge on any atom is -0.355 e. The molecular formula is C20H22ClF3N4O3S. The predicted molar refractivity (Wildman–Crippen MR) is 114 cm³/mol. The van der Waals surface area contributed by atoms with E-state index < -0.39 is 27.8 Å². The lowest BCUT2D eigenvalue weighted by molar-refractivity contribution is -0.137. The highest BCUT2D eigenvalue weighted by atomic mass is 35.5. The highest BCUT2D eigenvalue weighted by Gasteiger charge is 2.31. The molecule has 1 saturated heterocycles. The lowest BCUT2D eigenvalue weighted by atomic mass is 10.2. The van der Waals surface area contributed by atoms with Gasteiger partial charge in [-0.25, -0.2) is 13.4 Å². The summed E-state index contributed by atoms with van der Waals surface area (Å²) in [5, 5.41) is 0.393. The zero-order valence-electron chi connectivity index (χ0n) is 17.1. The van der Waals surface area contributed by atoms with Crippen molar-refractivity contribution < 1.29 is 26.4 Å². The number of rotatable bonds is 5. The van der Waals surface area contributed by atoms with Gasteiger partial charge in [-0.3, -0.25) is 4.79 Å². The van der Waals surface area contributed by atoms with Crippen LogP contribution in [0.1, 0.15) is 18.9 Å². The van der Waals surface area contributed by atoms with Crippen molar-refractivity contribution in [3.63, 3.8) is 0 Å². The van der Waals surface area contributed by atoms with Crippen LogP contribution in [-0.2, 0) is 21.0 Å². The van der Waals surface area contributed by atoms with Gasteiger partial charge in [0.15, 0.2) is 0 Å². The van der Waals surface area contributed by atoms with Crippen molar-refractivity contribution >= 4 is 33.3 Å². The van der Waals surface area contributed by atoms with Crippen LogP contribution in [0.2, 0.25) is 5.02 Å². The van der Waals surface area contributed by atoms with Gasteiger partial charge in [-0.05, 0) is 49.7 Å². The number of halogens is 4. The van der Waals surface area contributed by atoms with Crippen molar-refractivity contribution in [1.29, 1.82) is 0 Å². The van der Waals surface area contributed by atoms with E-state index in [0.717, 1.165) is 12.3 Å². The molecule has 0 unspecified atom stereocenters. The van der Waals surface area contributed by atoms with Gasteiger partial charge in [-0.1, -0.05) is 11.6 Å². The molecule has 1 atom stereocenters. The molecule has 1 aromatic heterocycles. The minimum absolute atomic E-state index is 0.00281. The Bertz CT molecular complexity index is 1050. The Morgan fingerprint density at radius 2 is 1.78 bits per heavy atom. The quantitative estimate of drug-likeness (QED) is 0.696. The molecule has 2 aromatic rings. The van der Waals surface area contributed by atoms with Gasteiger partial charge in [0.05, 0.1) is 16.5 Å². The lowest BCUT2D eigenvalue weighted by Gasteiger charge is -2.25. The Hall–Kier alpha value is -2.37. The summed E-state index contributed by atoms with van der Waals surface area (Å²) in [5.41, 5.74) is -0.824. The number of benzene rings is 1. The van der Waals surface area contributed by atoms with Crippen LogP contribution in [0, 0.1) is 0 Å². The van der Waals surface area contributed by atoms with E-state index in [4.69, 9.17) is 11.6 Å².